The minimum Gasteiger partial charge on any atom is -0.354 e. The molecule has 0 unspecified atom stereocenters. The first kappa shape index (κ1) is 22.4. The van der Waals surface area contributed by atoms with Crippen LogP contribution < -0.4 is 4.90 Å². The molecule has 1 saturated heterocycles. The monoisotopic (exact) mass is 492 g/mol. The lowest BCUT2D eigenvalue weighted by Gasteiger charge is -2.59. The number of halogens is 1. The number of aryl methyl sites for hydroxylation is 1. The molecule has 1 aliphatic carbocycles. The van der Waals surface area contributed by atoms with Gasteiger partial charge in [0.1, 0.15) is 11.6 Å². The predicted octanol–water partition coefficient (Wildman–Crippen LogP) is 2.81. The maximum Gasteiger partial charge on any atom is 0.236 e. The zero-order chi connectivity index (χ0) is 24.3. The molecule has 0 N–H and O–H groups in total. The Labute approximate surface area is 209 Å². The fourth-order valence-electron chi connectivity index (χ4n) is 5.85. The molecule has 4 heterocycles. The number of fused-ring (bicyclic) bond motifs is 3. The van der Waals surface area contributed by atoms with Gasteiger partial charge in [0.2, 0.25) is 5.91 Å². The van der Waals surface area contributed by atoms with Crippen LogP contribution in [0.4, 0.5) is 5.82 Å². The van der Waals surface area contributed by atoms with Crippen molar-refractivity contribution < 1.29 is 4.79 Å². The molecule has 1 aromatic carbocycles. The smallest absolute Gasteiger partial charge is 0.236 e. The van der Waals surface area contributed by atoms with Crippen LogP contribution in [0.25, 0.3) is 5.69 Å². The number of aromatic nitrogens is 5. The molecule has 2 aliphatic heterocycles. The van der Waals surface area contributed by atoms with Gasteiger partial charge < -0.3 is 9.80 Å². The van der Waals surface area contributed by atoms with Gasteiger partial charge in [0, 0.05) is 62.5 Å². The number of benzene rings is 1. The molecule has 0 atom stereocenters. The summed E-state index contributed by atoms with van der Waals surface area (Å²) < 4.78 is 2.21. The average molecular weight is 493 g/mol. The van der Waals surface area contributed by atoms with E-state index in [1.165, 1.54) is 0 Å². The summed E-state index contributed by atoms with van der Waals surface area (Å²) in [5, 5.41) is 9.95. The van der Waals surface area contributed by atoms with Gasteiger partial charge in [-0.05, 0) is 43.5 Å². The molecule has 0 radical (unpaired) electrons. The minimum absolute atomic E-state index is 0.0654. The van der Waals surface area contributed by atoms with Gasteiger partial charge in [-0.2, -0.15) is 0 Å². The zero-order valence-electron chi connectivity index (χ0n) is 20.3. The summed E-state index contributed by atoms with van der Waals surface area (Å²) in [7, 11) is 3.57. The molecule has 1 saturated carbocycles. The summed E-state index contributed by atoms with van der Waals surface area (Å²) in [6.07, 6.45) is 5.69. The molecular weight excluding hydrogens is 464 g/mol. The molecule has 9 nitrogen and oxygen atoms in total. The summed E-state index contributed by atoms with van der Waals surface area (Å²) in [6.45, 7) is 5.57. The van der Waals surface area contributed by atoms with Crippen molar-refractivity contribution in [1.29, 1.82) is 0 Å². The first-order valence-electron chi connectivity index (χ1n) is 12.0. The molecule has 182 valence electrons. The van der Waals surface area contributed by atoms with E-state index in [2.05, 4.69) is 40.6 Å². The first-order valence-corrected chi connectivity index (χ1v) is 12.4. The Hall–Kier alpha value is -3.04. The third-order valence-electron chi connectivity index (χ3n) is 7.59. The van der Waals surface area contributed by atoms with Gasteiger partial charge in [-0.15, -0.1) is 10.2 Å². The second-order valence-corrected chi connectivity index (χ2v) is 10.9. The second kappa shape index (κ2) is 8.27. The lowest BCUT2D eigenvalue weighted by atomic mass is 9.57. The van der Waals surface area contributed by atoms with Crippen LogP contribution in [-0.2, 0) is 17.9 Å². The van der Waals surface area contributed by atoms with Crippen molar-refractivity contribution in [1.82, 2.24) is 34.5 Å². The largest absolute Gasteiger partial charge is 0.354 e. The van der Waals surface area contributed by atoms with E-state index in [4.69, 9.17) is 11.6 Å². The Balaban J connectivity index is 1.24. The fraction of sp³-hybridized carbons (Fsp3) is 0.480. The highest BCUT2D eigenvalue weighted by atomic mass is 35.5. The quantitative estimate of drug-likeness (QED) is 0.553. The molecule has 2 fully saturated rings. The van der Waals surface area contributed by atoms with E-state index in [-0.39, 0.29) is 5.91 Å². The average Bonchev–Trinajstić information content (AvgIpc) is 3.09. The highest BCUT2D eigenvalue weighted by molar-refractivity contribution is 6.30. The van der Waals surface area contributed by atoms with Crippen LogP contribution in [0.3, 0.4) is 0 Å². The van der Waals surface area contributed by atoms with Crippen LogP contribution in [0.2, 0.25) is 5.02 Å². The van der Waals surface area contributed by atoms with Gasteiger partial charge in [0.15, 0.2) is 5.82 Å². The molecule has 3 aliphatic rings. The predicted molar refractivity (Wildman–Crippen MR) is 133 cm³/mol. The lowest BCUT2D eigenvalue weighted by molar-refractivity contribution is -0.130. The molecule has 6 rings (SSSR count). The zero-order valence-corrected chi connectivity index (χ0v) is 21.0. The number of rotatable bonds is 4. The van der Waals surface area contributed by atoms with Crippen molar-refractivity contribution in [3.05, 3.63) is 58.5 Å². The van der Waals surface area contributed by atoms with Crippen molar-refractivity contribution in [2.24, 2.45) is 5.41 Å². The van der Waals surface area contributed by atoms with Crippen LogP contribution in [0, 0.1) is 12.3 Å². The fourth-order valence-corrected chi connectivity index (χ4v) is 6.04. The summed E-state index contributed by atoms with van der Waals surface area (Å²) in [6, 6.07) is 5.98. The third kappa shape index (κ3) is 3.87. The van der Waals surface area contributed by atoms with Crippen molar-refractivity contribution in [2.45, 2.75) is 38.8 Å². The Kier molecular flexibility index (Phi) is 5.30. The molecule has 35 heavy (non-hydrogen) atoms. The molecule has 2 aromatic heterocycles. The third-order valence-corrected chi connectivity index (χ3v) is 7.82. The van der Waals surface area contributed by atoms with Gasteiger partial charge in [-0.3, -0.25) is 19.2 Å². The summed E-state index contributed by atoms with van der Waals surface area (Å²) in [5.74, 6) is 3.31. The van der Waals surface area contributed by atoms with Crippen LogP contribution in [0.15, 0.2) is 30.6 Å². The topological polar surface area (TPSA) is 83.3 Å². The number of hydrogen-bond donors (Lipinski definition) is 0. The van der Waals surface area contributed by atoms with E-state index >= 15 is 0 Å². The van der Waals surface area contributed by atoms with Gasteiger partial charge in [-0.1, -0.05) is 11.6 Å². The van der Waals surface area contributed by atoms with Gasteiger partial charge in [0.25, 0.3) is 0 Å². The van der Waals surface area contributed by atoms with Crippen LogP contribution >= 0.6 is 11.6 Å². The lowest BCUT2D eigenvalue weighted by Crippen LogP contribution is -2.62. The maximum atomic E-state index is 12.4. The highest BCUT2D eigenvalue weighted by Crippen LogP contribution is 2.56. The number of likely N-dealkylation sites (N-methyl/N-ethyl adjacent to an activating group) is 1. The molecule has 0 bridgehead atoms. The SMILES string of the molecule is Cc1nccnc1N1CC2(CC(c3nnc4n3-c3ccc(Cl)cc3CN(CC(=O)N(C)C)C4)C2)C1. The number of amides is 1. The molecule has 1 amide bonds. The number of nitrogens with zero attached hydrogens (tertiary/aromatic N) is 8. The van der Waals surface area contributed by atoms with Crippen molar-refractivity contribution in [2.75, 3.05) is 38.6 Å². The summed E-state index contributed by atoms with van der Waals surface area (Å²) >= 11 is 6.37. The molecule has 10 heteroatoms. The van der Waals surface area contributed by atoms with Crippen LogP contribution in [0.1, 0.15) is 41.7 Å². The minimum atomic E-state index is 0.0654. The number of carbonyl (C=O) groups is 1. The van der Waals surface area contributed by atoms with Crippen LogP contribution in [0.5, 0.6) is 0 Å². The maximum absolute atomic E-state index is 12.4. The van der Waals surface area contributed by atoms with Crippen LogP contribution in [-0.4, -0.2) is 74.2 Å². The van der Waals surface area contributed by atoms with E-state index in [9.17, 15) is 4.79 Å². The Morgan fingerprint density at radius 3 is 2.66 bits per heavy atom. The Bertz CT molecular complexity index is 1290. The summed E-state index contributed by atoms with van der Waals surface area (Å²) in [5.41, 5.74) is 3.45. The van der Waals surface area contributed by atoms with E-state index < -0.39 is 0 Å². The Morgan fingerprint density at radius 1 is 1.14 bits per heavy atom. The standard InChI is InChI=1S/C25H29ClN8O/c1-16-23(28-7-6-27-16)33-14-25(15-33)9-18(10-25)24-30-29-21-12-32(13-22(35)31(2)3)11-17-8-19(26)4-5-20(17)34(21)24/h4-8,18H,9-15H2,1-3H3. The van der Waals surface area contributed by atoms with E-state index in [1.807, 2.05) is 19.1 Å². The number of anilines is 1. The normalized spacial score (nSPS) is 18.9. The van der Waals surface area contributed by atoms with E-state index in [0.29, 0.717) is 36.0 Å². The van der Waals surface area contributed by atoms with Gasteiger partial charge in [-0.25, -0.2) is 4.98 Å². The van der Waals surface area contributed by atoms with Gasteiger partial charge >= 0.3 is 0 Å². The Morgan fingerprint density at radius 2 is 1.91 bits per heavy atom. The molecule has 3 aromatic rings. The first-order chi connectivity index (χ1) is 16.8. The second-order valence-electron chi connectivity index (χ2n) is 10.4. The molecule has 1 spiro atoms. The van der Waals surface area contributed by atoms with E-state index in [1.54, 1.807) is 31.4 Å². The molecular formula is C25H29ClN8O. The summed E-state index contributed by atoms with van der Waals surface area (Å²) in [4.78, 5) is 27.4. The number of carbonyl (C=O) groups excluding carboxylic acids is 1. The van der Waals surface area contributed by atoms with E-state index in [0.717, 1.165) is 60.3 Å². The van der Waals surface area contributed by atoms with Crippen molar-refractivity contribution in [3.63, 3.8) is 0 Å². The van der Waals surface area contributed by atoms with Crippen molar-refractivity contribution in [3.8, 4) is 5.69 Å². The van der Waals surface area contributed by atoms with Crippen molar-refractivity contribution >= 4 is 23.3 Å². The van der Waals surface area contributed by atoms with Gasteiger partial charge in [0.05, 0.1) is 24.5 Å². The number of hydrogen-bond acceptors (Lipinski definition) is 7. The highest BCUT2D eigenvalue weighted by Gasteiger charge is 2.54.